The predicted octanol–water partition coefficient (Wildman–Crippen LogP) is 5.28. The molecule has 4 rings (SSSR count). The molecule has 1 aromatic carbocycles. The van der Waals surface area contributed by atoms with Crippen molar-refractivity contribution in [1.29, 1.82) is 0 Å². The summed E-state index contributed by atoms with van der Waals surface area (Å²) in [6, 6.07) is 9.81. The van der Waals surface area contributed by atoms with Gasteiger partial charge >= 0.3 is 0 Å². The highest BCUT2D eigenvalue weighted by molar-refractivity contribution is 6.30. The Kier molecular flexibility index (Phi) is 7.92. The van der Waals surface area contributed by atoms with E-state index in [0.717, 1.165) is 49.6 Å². The number of hydrogen-bond acceptors (Lipinski definition) is 4. The number of ether oxygens (including phenoxy) is 2. The van der Waals surface area contributed by atoms with Gasteiger partial charge in [0.05, 0.1) is 18.2 Å². The van der Waals surface area contributed by atoms with Gasteiger partial charge in [-0.15, -0.1) is 0 Å². The molecule has 1 aliphatic carbocycles. The van der Waals surface area contributed by atoms with Crippen LogP contribution in [0.5, 0.6) is 11.5 Å². The average Bonchev–Trinajstić information content (AvgIpc) is 2.81. The molecule has 0 spiro atoms. The third kappa shape index (κ3) is 6.50. The highest BCUT2D eigenvalue weighted by Crippen LogP contribution is 2.30. The fourth-order valence-electron chi connectivity index (χ4n) is 4.63. The van der Waals surface area contributed by atoms with E-state index in [-0.39, 0.29) is 5.56 Å². The van der Waals surface area contributed by atoms with E-state index in [1.807, 2.05) is 24.3 Å². The van der Waals surface area contributed by atoms with Crippen LogP contribution in [0.1, 0.15) is 50.5 Å². The third-order valence-electron chi connectivity index (χ3n) is 6.57. The third-order valence-corrected chi connectivity index (χ3v) is 6.79. The van der Waals surface area contributed by atoms with Crippen LogP contribution in [-0.2, 0) is 6.54 Å². The van der Waals surface area contributed by atoms with E-state index in [1.54, 1.807) is 6.07 Å². The van der Waals surface area contributed by atoms with Crippen LogP contribution in [0.25, 0.3) is 0 Å². The molecule has 2 aromatic rings. The number of hydrogen-bond donors (Lipinski definition) is 1. The molecule has 1 aromatic heterocycles. The van der Waals surface area contributed by atoms with E-state index in [0.29, 0.717) is 30.0 Å². The second-order valence-corrected chi connectivity index (χ2v) is 9.40. The highest BCUT2D eigenvalue weighted by atomic mass is 35.5. The van der Waals surface area contributed by atoms with E-state index in [1.165, 1.54) is 38.3 Å². The summed E-state index contributed by atoms with van der Waals surface area (Å²) in [6.07, 6.45) is 10.2. The number of halogens is 1. The number of nitrogens with one attached hydrogen (secondary N) is 1. The number of para-hydroxylation sites is 2. The number of nitrogens with zero attached hydrogens (tertiary/aromatic N) is 1. The van der Waals surface area contributed by atoms with Crippen LogP contribution in [0.4, 0.5) is 0 Å². The molecular weight excluding hydrogens is 412 g/mol. The summed E-state index contributed by atoms with van der Waals surface area (Å²) in [4.78, 5) is 17.0. The maximum atomic E-state index is 12.0. The lowest BCUT2D eigenvalue weighted by atomic mass is 9.90. The van der Waals surface area contributed by atoms with Gasteiger partial charge in [-0.05, 0) is 68.8 Å². The zero-order valence-electron chi connectivity index (χ0n) is 18.2. The van der Waals surface area contributed by atoms with E-state index in [9.17, 15) is 4.79 Å². The average molecular weight is 445 g/mol. The molecule has 2 aliphatic rings. The number of likely N-dealkylation sites (tertiary alicyclic amines) is 1. The fraction of sp³-hybridized carbons (Fsp3) is 0.560. The first kappa shape index (κ1) is 22.2. The zero-order valence-corrected chi connectivity index (χ0v) is 18.9. The summed E-state index contributed by atoms with van der Waals surface area (Å²) in [5, 5.41) is 0.572. The van der Waals surface area contributed by atoms with Crippen LogP contribution in [0.15, 0.2) is 41.3 Å². The van der Waals surface area contributed by atoms with Crippen molar-refractivity contribution in [2.24, 2.45) is 11.8 Å². The summed E-state index contributed by atoms with van der Waals surface area (Å²) in [5.74, 6) is 2.91. The molecule has 31 heavy (non-hydrogen) atoms. The number of pyridine rings is 1. The predicted molar refractivity (Wildman–Crippen MR) is 124 cm³/mol. The molecule has 0 atom stereocenters. The summed E-state index contributed by atoms with van der Waals surface area (Å²) in [6.45, 7) is 4.05. The molecule has 168 valence electrons. The Labute approximate surface area is 189 Å². The second-order valence-electron chi connectivity index (χ2n) is 8.96. The van der Waals surface area contributed by atoms with Crippen LogP contribution in [-0.4, -0.2) is 36.2 Å². The van der Waals surface area contributed by atoms with Gasteiger partial charge in [0.15, 0.2) is 11.5 Å². The maximum Gasteiger partial charge on any atom is 0.252 e. The van der Waals surface area contributed by atoms with Crippen molar-refractivity contribution in [2.45, 2.75) is 51.5 Å². The monoisotopic (exact) mass is 444 g/mol. The molecule has 1 saturated heterocycles. The van der Waals surface area contributed by atoms with Crippen molar-refractivity contribution >= 4 is 11.6 Å². The Balaban J connectivity index is 1.23. The topological polar surface area (TPSA) is 54.6 Å². The van der Waals surface area contributed by atoms with E-state index in [4.69, 9.17) is 21.1 Å². The highest BCUT2D eigenvalue weighted by Gasteiger charge is 2.21. The molecule has 0 radical (unpaired) electrons. The number of benzene rings is 1. The van der Waals surface area contributed by atoms with Gasteiger partial charge in [-0.3, -0.25) is 9.69 Å². The lowest BCUT2D eigenvalue weighted by Crippen LogP contribution is -2.36. The molecule has 6 heteroatoms. The van der Waals surface area contributed by atoms with Gasteiger partial charge in [0.1, 0.15) is 0 Å². The fourth-order valence-corrected chi connectivity index (χ4v) is 4.81. The first-order valence-corrected chi connectivity index (χ1v) is 12.0. The largest absolute Gasteiger partial charge is 0.489 e. The normalized spacial score (nSPS) is 18.7. The van der Waals surface area contributed by atoms with Crippen molar-refractivity contribution in [3.63, 3.8) is 0 Å². The molecule has 5 nitrogen and oxygen atoms in total. The number of rotatable bonds is 8. The van der Waals surface area contributed by atoms with Crippen molar-refractivity contribution < 1.29 is 9.47 Å². The van der Waals surface area contributed by atoms with E-state index in [2.05, 4.69) is 9.88 Å². The molecule has 1 aliphatic heterocycles. The lowest BCUT2D eigenvalue weighted by molar-refractivity contribution is 0.132. The zero-order chi connectivity index (χ0) is 21.5. The molecule has 2 fully saturated rings. The summed E-state index contributed by atoms with van der Waals surface area (Å²) >= 11 is 6.02. The molecular formula is C25H33ClN2O3. The first-order chi connectivity index (χ1) is 15.2. The minimum absolute atomic E-state index is 0.0558. The number of H-pyrrole nitrogens is 1. The smallest absolute Gasteiger partial charge is 0.252 e. The molecule has 0 bridgehead atoms. The Morgan fingerprint density at radius 2 is 1.55 bits per heavy atom. The van der Waals surface area contributed by atoms with Crippen LogP contribution in [0, 0.1) is 11.8 Å². The molecule has 2 heterocycles. The van der Waals surface area contributed by atoms with Gasteiger partial charge in [0.2, 0.25) is 0 Å². The van der Waals surface area contributed by atoms with Gasteiger partial charge in [-0.2, -0.15) is 0 Å². The molecule has 0 unspecified atom stereocenters. The van der Waals surface area contributed by atoms with Crippen LogP contribution in [0.3, 0.4) is 0 Å². The number of aromatic amines is 1. The van der Waals surface area contributed by atoms with E-state index < -0.39 is 0 Å². The minimum Gasteiger partial charge on any atom is -0.489 e. The van der Waals surface area contributed by atoms with Crippen LogP contribution in [0.2, 0.25) is 5.02 Å². The van der Waals surface area contributed by atoms with Gasteiger partial charge in [-0.25, -0.2) is 0 Å². The van der Waals surface area contributed by atoms with Gasteiger partial charge in [0.25, 0.3) is 5.56 Å². The van der Waals surface area contributed by atoms with Gasteiger partial charge < -0.3 is 14.5 Å². The minimum atomic E-state index is -0.0558. The van der Waals surface area contributed by atoms with Crippen LogP contribution >= 0.6 is 11.6 Å². The Morgan fingerprint density at radius 3 is 2.19 bits per heavy atom. The van der Waals surface area contributed by atoms with Crippen LogP contribution < -0.4 is 15.0 Å². The summed E-state index contributed by atoms with van der Waals surface area (Å²) < 4.78 is 12.3. The van der Waals surface area contributed by atoms with E-state index >= 15 is 0 Å². The van der Waals surface area contributed by atoms with Crippen molar-refractivity contribution in [3.05, 3.63) is 57.5 Å². The number of aromatic nitrogens is 1. The number of piperidine rings is 1. The molecule has 1 saturated carbocycles. The van der Waals surface area contributed by atoms with Gasteiger partial charge in [0, 0.05) is 18.3 Å². The molecule has 1 N–H and O–H groups in total. The summed E-state index contributed by atoms with van der Waals surface area (Å²) in [5.41, 5.74) is 0.672. The standard InChI is InChI=1S/C25H33ClN2O3/c26-22-14-21(25(29)27-15-22)16-28-12-10-20(11-13-28)18-31-24-9-5-4-8-23(24)30-17-19-6-2-1-3-7-19/h4-5,8-9,14-15,19-20H,1-3,6-7,10-13,16-18H2,(H,27,29). The van der Waals surface area contributed by atoms with Crippen molar-refractivity contribution in [2.75, 3.05) is 26.3 Å². The maximum absolute atomic E-state index is 12.0. The van der Waals surface area contributed by atoms with Gasteiger partial charge in [-0.1, -0.05) is 43.0 Å². The Morgan fingerprint density at radius 1 is 0.935 bits per heavy atom. The summed E-state index contributed by atoms with van der Waals surface area (Å²) in [7, 11) is 0. The lowest BCUT2D eigenvalue weighted by Gasteiger charge is -2.31. The molecule has 0 amide bonds. The Hall–Kier alpha value is -1.98. The van der Waals surface area contributed by atoms with Crippen molar-refractivity contribution in [1.82, 2.24) is 9.88 Å². The first-order valence-electron chi connectivity index (χ1n) is 11.6. The SMILES string of the molecule is O=c1[nH]cc(Cl)cc1CN1CCC(COc2ccccc2OCC2CCCCC2)CC1. The second kappa shape index (κ2) is 11.1. The Bertz CT molecular complexity index is 886. The quantitative estimate of drug-likeness (QED) is 0.601. The van der Waals surface area contributed by atoms with Crippen molar-refractivity contribution in [3.8, 4) is 11.5 Å².